The summed E-state index contributed by atoms with van der Waals surface area (Å²) in [6, 6.07) is -1.05. The maximum Gasteiger partial charge on any atom is 0.321 e. The van der Waals surface area contributed by atoms with Gasteiger partial charge in [0.15, 0.2) is 0 Å². The average molecular weight is 375 g/mol. The van der Waals surface area contributed by atoms with Gasteiger partial charge in [-0.05, 0) is 0 Å². The van der Waals surface area contributed by atoms with Crippen molar-refractivity contribution in [3.8, 4) is 0 Å². The van der Waals surface area contributed by atoms with Crippen molar-refractivity contribution >= 4 is 17.9 Å². The molecule has 11 heteroatoms. The minimum Gasteiger partial charge on any atom is -0.480 e. The molecule has 1 heterocycles. The molecule has 1 atom stereocenters. The van der Waals surface area contributed by atoms with Crippen molar-refractivity contribution in [2.24, 2.45) is 5.73 Å². The van der Waals surface area contributed by atoms with Gasteiger partial charge in [-0.2, -0.15) is 0 Å². The average Bonchev–Trinajstić information content (AvgIpc) is 2.53. The summed E-state index contributed by atoms with van der Waals surface area (Å²) in [6.07, 6.45) is 0. The topological polar surface area (TPSA) is 160 Å². The van der Waals surface area contributed by atoms with Gasteiger partial charge in [-0.25, -0.2) is 0 Å². The standard InChI is InChI=1S/C15H29N5O6/c16-12(15(25)26)9-20-7-5-18(10-13(21)22)3-1-17-2-4-19(6-8-20)11-14(23)24/h12,17H,1-11,16H2,(H,21,22)(H,23,24)(H,25,26)/t12-/m1/s1. The van der Waals surface area contributed by atoms with E-state index in [1.807, 2.05) is 4.90 Å². The fourth-order valence-electron chi connectivity index (χ4n) is 2.74. The van der Waals surface area contributed by atoms with Crippen LogP contribution in [0.4, 0.5) is 0 Å². The SMILES string of the molecule is N[C@H](CN1CCN(CC(=O)O)CCNCCN(CC(=O)O)CC1)C(=O)O. The smallest absolute Gasteiger partial charge is 0.321 e. The zero-order valence-corrected chi connectivity index (χ0v) is 14.8. The molecule has 0 saturated carbocycles. The van der Waals surface area contributed by atoms with E-state index in [0.717, 1.165) is 0 Å². The number of hydrogen-bond donors (Lipinski definition) is 5. The molecule has 0 aromatic heterocycles. The van der Waals surface area contributed by atoms with Crippen LogP contribution in [0.15, 0.2) is 0 Å². The number of carboxylic acid groups (broad SMARTS) is 3. The molecule has 1 aliphatic rings. The van der Waals surface area contributed by atoms with Crippen LogP contribution < -0.4 is 11.1 Å². The van der Waals surface area contributed by atoms with E-state index < -0.39 is 23.9 Å². The first-order chi connectivity index (χ1) is 12.3. The summed E-state index contributed by atoms with van der Waals surface area (Å²) in [5.41, 5.74) is 5.63. The minimum absolute atomic E-state index is 0.0916. The lowest BCUT2D eigenvalue weighted by Gasteiger charge is -2.31. The highest BCUT2D eigenvalue weighted by atomic mass is 16.4. The zero-order chi connectivity index (χ0) is 19.5. The van der Waals surface area contributed by atoms with Crippen LogP contribution in [0, 0.1) is 0 Å². The number of nitrogens with two attached hydrogens (primary N) is 1. The summed E-state index contributed by atoms with van der Waals surface area (Å²) in [5.74, 6) is -2.94. The predicted molar refractivity (Wildman–Crippen MR) is 93.1 cm³/mol. The van der Waals surface area contributed by atoms with Crippen LogP contribution >= 0.6 is 0 Å². The Bertz CT molecular complexity index is 447. The van der Waals surface area contributed by atoms with Crippen LogP contribution in [0.1, 0.15) is 0 Å². The molecule has 0 aromatic carbocycles. The lowest BCUT2D eigenvalue weighted by atomic mass is 10.2. The Morgan fingerprint density at radius 2 is 1.23 bits per heavy atom. The van der Waals surface area contributed by atoms with Gasteiger partial charge in [0, 0.05) is 58.9 Å². The molecule has 1 fully saturated rings. The van der Waals surface area contributed by atoms with Gasteiger partial charge in [-0.3, -0.25) is 29.1 Å². The molecule has 0 spiro atoms. The van der Waals surface area contributed by atoms with Crippen molar-refractivity contribution in [1.82, 2.24) is 20.0 Å². The maximum absolute atomic E-state index is 11.0. The summed E-state index contributed by atoms with van der Waals surface area (Å²) in [7, 11) is 0. The Morgan fingerprint density at radius 3 is 1.62 bits per heavy atom. The molecule has 0 bridgehead atoms. The van der Waals surface area contributed by atoms with E-state index in [1.165, 1.54) is 0 Å². The van der Waals surface area contributed by atoms with Gasteiger partial charge >= 0.3 is 17.9 Å². The number of hydrogen-bond acceptors (Lipinski definition) is 8. The number of carboxylic acids is 3. The van der Waals surface area contributed by atoms with Crippen molar-refractivity contribution in [3.63, 3.8) is 0 Å². The molecule has 150 valence electrons. The highest BCUT2D eigenvalue weighted by molar-refractivity contribution is 5.73. The molecule has 1 saturated heterocycles. The highest BCUT2D eigenvalue weighted by Gasteiger charge is 2.20. The summed E-state index contributed by atoms with van der Waals surface area (Å²) >= 11 is 0. The Kier molecular flexibility index (Phi) is 10.1. The third kappa shape index (κ3) is 9.63. The summed E-state index contributed by atoms with van der Waals surface area (Å²) < 4.78 is 0. The van der Waals surface area contributed by atoms with Gasteiger partial charge in [0.25, 0.3) is 0 Å². The molecule has 0 aliphatic carbocycles. The van der Waals surface area contributed by atoms with Crippen molar-refractivity contribution in [1.29, 1.82) is 0 Å². The van der Waals surface area contributed by atoms with Crippen LogP contribution in [-0.4, -0.2) is 126 Å². The first kappa shape index (κ1) is 22.3. The van der Waals surface area contributed by atoms with E-state index in [1.54, 1.807) is 9.80 Å². The normalized spacial score (nSPS) is 20.7. The molecule has 1 rings (SSSR count). The van der Waals surface area contributed by atoms with E-state index >= 15 is 0 Å². The first-order valence-corrected chi connectivity index (χ1v) is 8.57. The van der Waals surface area contributed by atoms with Gasteiger partial charge in [0.1, 0.15) is 6.04 Å². The molecule has 26 heavy (non-hydrogen) atoms. The van der Waals surface area contributed by atoms with E-state index in [4.69, 9.17) is 21.1 Å². The Labute approximate surface area is 152 Å². The third-order valence-electron chi connectivity index (χ3n) is 4.16. The first-order valence-electron chi connectivity index (χ1n) is 8.57. The molecule has 6 N–H and O–H groups in total. The van der Waals surface area contributed by atoms with Gasteiger partial charge in [0.2, 0.25) is 0 Å². The summed E-state index contributed by atoms with van der Waals surface area (Å²) in [5, 5.41) is 30.3. The molecule has 1 aliphatic heterocycles. The summed E-state index contributed by atoms with van der Waals surface area (Å²) in [6.45, 7) is 4.00. The van der Waals surface area contributed by atoms with Crippen molar-refractivity contribution < 1.29 is 29.7 Å². The Balaban J connectivity index is 2.75. The molecular weight excluding hydrogens is 346 g/mol. The lowest BCUT2D eigenvalue weighted by molar-refractivity contribution is -0.139. The highest BCUT2D eigenvalue weighted by Crippen LogP contribution is 1.99. The number of nitrogens with zero attached hydrogens (tertiary/aromatic N) is 3. The number of aliphatic carboxylic acids is 3. The van der Waals surface area contributed by atoms with E-state index in [9.17, 15) is 14.4 Å². The number of rotatable bonds is 7. The Morgan fingerprint density at radius 1 is 0.808 bits per heavy atom. The second-order valence-corrected chi connectivity index (χ2v) is 6.34. The fraction of sp³-hybridized carbons (Fsp3) is 0.800. The van der Waals surface area contributed by atoms with E-state index in [2.05, 4.69) is 5.32 Å². The van der Waals surface area contributed by atoms with Crippen LogP contribution in [0.3, 0.4) is 0 Å². The fourth-order valence-corrected chi connectivity index (χ4v) is 2.74. The monoisotopic (exact) mass is 375 g/mol. The van der Waals surface area contributed by atoms with Crippen molar-refractivity contribution in [2.45, 2.75) is 6.04 Å². The van der Waals surface area contributed by atoms with E-state index in [-0.39, 0.29) is 19.6 Å². The Hall–Kier alpha value is -1.79. The lowest BCUT2D eigenvalue weighted by Crippen LogP contribution is -2.50. The van der Waals surface area contributed by atoms with Crippen LogP contribution in [0.25, 0.3) is 0 Å². The van der Waals surface area contributed by atoms with Gasteiger partial charge in [0.05, 0.1) is 13.1 Å². The van der Waals surface area contributed by atoms with Crippen molar-refractivity contribution in [2.75, 3.05) is 72.0 Å². The second kappa shape index (κ2) is 11.8. The summed E-state index contributed by atoms with van der Waals surface area (Å²) in [4.78, 5) is 38.4. The van der Waals surface area contributed by atoms with Crippen LogP contribution in [0.5, 0.6) is 0 Å². The maximum atomic E-state index is 11.0. The molecule has 0 unspecified atom stereocenters. The predicted octanol–water partition coefficient (Wildman–Crippen LogP) is -2.92. The van der Waals surface area contributed by atoms with Gasteiger partial charge < -0.3 is 26.4 Å². The van der Waals surface area contributed by atoms with Gasteiger partial charge in [-0.15, -0.1) is 0 Å². The van der Waals surface area contributed by atoms with Gasteiger partial charge in [-0.1, -0.05) is 0 Å². The van der Waals surface area contributed by atoms with Crippen molar-refractivity contribution in [3.05, 3.63) is 0 Å². The largest absolute Gasteiger partial charge is 0.480 e. The molecule has 11 nitrogen and oxygen atoms in total. The number of carbonyl (C=O) groups is 3. The molecule has 0 aromatic rings. The van der Waals surface area contributed by atoms with Crippen LogP contribution in [0.2, 0.25) is 0 Å². The molecule has 0 amide bonds. The quantitative estimate of drug-likeness (QED) is 0.310. The zero-order valence-electron chi connectivity index (χ0n) is 14.8. The number of nitrogens with one attached hydrogen (secondary N) is 1. The third-order valence-corrected chi connectivity index (χ3v) is 4.16. The minimum atomic E-state index is -1.11. The molecular formula is C15H29N5O6. The molecule has 0 radical (unpaired) electrons. The second-order valence-electron chi connectivity index (χ2n) is 6.34. The van der Waals surface area contributed by atoms with E-state index in [0.29, 0.717) is 52.4 Å². The van der Waals surface area contributed by atoms with Crippen LogP contribution in [-0.2, 0) is 14.4 Å².